The van der Waals surface area contributed by atoms with Crippen molar-refractivity contribution in [1.82, 2.24) is 4.98 Å². The van der Waals surface area contributed by atoms with Crippen molar-refractivity contribution in [1.29, 1.82) is 0 Å². The predicted octanol–water partition coefficient (Wildman–Crippen LogP) is 4.09. The Kier molecular flexibility index (Phi) is 7.17. The summed E-state index contributed by atoms with van der Waals surface area (Å²) in [4.78, 5) is 43.1. The van der Waals surface area contributed by atoms with Gasteiger partial charge in [0.2, 0.25) is 11.7 Å². The molecule has 1 aromatic heterocycles. The molecule has 164 valence electrons. The molecule has 3 rings (SSSR count). The van der Waals surface area contributed by atoms with Crippen molar-refractivity contribution in [2.24, 2.45) is 0 Å². The molecule has 0 unspecified atom stereocenters. The number of aromatic nitrogens is 1. The fraction of sp³-hybridized carbons (Fsp3) is 0.167. The van der Waals surface area contributed by atoms with Gasteiger partial charge in [0.25, 0.3) is 0 Å². The Bertz CT molecular complexity index is 1130. The number of nitrogens with one attached hydrogen (secondary N) is 2. The summed E-state index contributed by atoms with van der Waals surface area (Å²) in [6, 6.07) is 19.1. The first-order valence-electron chi connectivity index (χ1n) is 9.92. The summed E-state index contributed by atoms with van der Waals surface area (Å²) >= 11 is 0. The maximum atomic E-state index is 13.2. The molecule has 0 fully saturated rings. The van der Waals surface area contributed by atoms with Gasteiger partial charge < -0.3 is 15.0 Å². The van der Waals surface area contributed by atoms with Gasteiger partial charge in [-0.3, -0.25) is 14.9 Å². The van der Waals surface area contributed by atoms with E-state index in [1.54, 1.807) is 49.3 Å². The number of hydrogen-bond donors (Lipinski definition) is 2. The quantitative estimate of drug-likeness (QED) is 0.546. The standard InChI is InChI=1S/C24H24N4O4/c1-16(29)25-20-12-13-21(28(2)3)27-22(20)23(30)18-10-7-11-19(14-18)26-24(31)32-15-17-8-5-4-6-9-17/h4-14H,15H2,1-3H3,(H,25,29)(H,26,31). The number of nitrogens with zero attached hydrogens (tertiary/aromatic N) is 2. The first kappa shape index (κ1) is 22.5. The maximum Gasteiger partial charge on any atom is 0.411 e. The van der Waals surface area contributed by atoms with E-state index in [4.69, 9.17) is 4.74 Å². The van der Waals surface area contributed by atoms with Crippen LogP contribution in [0.5, 0.6) is 0 Å². The van der Waals surface area contributed by atoms with E-state index in [-0.39, 0.29) is 18.2 Å². The highest BCUT2D eigenvalue weighted by Crippen LogP contribution is 2.23. The van der Waals surface area contributed by atoms with Gasteiger partial charge in [-0.25, -0.2) is 9.78 Å². The van der Waals surface area contributed by atoms with Gasteiger partial charge in [0, 0.05) is 32.3 Å². The molecule has 0 aliphatic heterocycles. The normalized spacial score (nSPS) is 10.2. The SMILES string of the molecule is CC(=O)Nc1ccc(N(C)C)nc1C(=O)c1cccc(NC(=O)OCc2ccccc2)c1. The molecular weight excluding hydrogens is 408 g/mol. The topological polar surface area (TPSA) is 101 Å². The molecule has 0 saturated carbocycles. The third-order valence-electron chi connectivity index (χ3n) is 4.45. The van der Waals surface area contributed by atoms with Crippen molar-refractivity contribution in [2.45, 2.75) is 13.5 Å². The third kappa shape index (κ3) is 5.91. The van der Waals surface area contributed by atoms with Crippen molar-refractivity contribution < 1.29 is 19.1 Å². The first-order valence-corrected chi connectivity index (χ1v) is 9.92. The average molecular weight is 432 g/mol. The summed E-state index contributed by atoms with van der Waals surface area (Å²) in [5.74, 6) is -0.130. The number of ketones is 1. The molecule has 2 N–H and O–H groups in total. The van der Waals surface area contributed by atoms with Crippen LogP contribution in [0.1, 0.15) is 28.5 Å². The minimum absolute atomic E-state index is 0.107. The molecule has 1 heterocycles. The van der Waals surface area contributed by atoms with Crippen LogP contribution in [-0.4, -0.2) is 36.9 Å². The van der Waals surface area contributed by atoms with Crippen LogP contribution < -0.4 is 15.5 Å². The van der Waals surface area contributed by atoms with Crippen LogP contribution in [-0.2, 0) is 16.1 Å². The molecule has 3 aromatic rings. The van der Waals surface area contributed by atoms with Crippen molar-refractivity contribution in [3.63, 3.8) is 0 Å². The smallest absolute Gasteiger partial charge is 0.411 e. The number of hydrogen-bond acceptors (Lipinski definition) is 6. The van der Waals surface area contributed by atoms with Crippen molar-refractivity contribution in [3.05, 3.63) is 83.6 Å². The predicted molar refractivity (Wildman–Crippen MR) is 123 cm³/mol. The highest BCUT2D eigenvalue weighted by atomic mass is 16.5. The lowest BCUT2D eigenvalue weighted by molar-refractivity contribution is -0.114. The van der Waals surface area contributed by atoms with Gasteiger partial charge in [-0.2, -0.15) is 0 Å². The molecule has 8 nitrogen and oxygen atoms in total. The molecule has 0 atom stereocenters. The minimum atomic E-state index is -0.634. The van der Waals surface area contributed by atoms with Gasteiger partial charge in [0.15, 0.2) is 0 Å². The zero-order valence-electron chi connectivity index (χ0n) is 18.1. The number of carbonyl (C=O) groups is 3. The lowest BCUT2D eigenvalue weighted by atomic mass is 10.1. The molecule has 0 bridgehead atoms. The number of pyridine rings is 1. The summed E-state index contributed by atoms with van der Waals surface area (Å²) in [5, 5.41) is 5.26. The fourth-order valence-corrected chi connectivity index (χ4v) is 2.91. The Morgan fingerprint density at radius 2 is 1.69 bits per heavy atom. The molecule has 2 aromatic carbocycles. The van der Waals surface area contributed by atoms with Gasteiger partial charge in [-0.05, 0) is 29.8 Å². The van der Waals surface area contributed by atoms with Crippen LogP contribution in [0.2, 0.25) is 0 Å². The number of rotatable bonds is 7. The Balaban J connectivity index is 1.78. The largest absolute Gasteiger partial charge is 0.444 e. The second-order valence-corrected chi connectivity index (χ2v) is 7.24. The summed E-state index contributed by atoms with van der Waals surface area (Å²) in [7, 11) is 3.61. The van der Waals surface area contributed by atoms with Crippen LogP contribution >= 0.6 is 0 Å². The van der Waals surface area contributed by atoms with Gasteiger partial charge in [-0.15, -0.1) is 0 Å². The van der Waals surface area contributed by atoms with Gasteiger partial charge in [0.05, 0.1) is 5.69 Å². The van der Waals surface area contributed by atoms with E-state index < -0.39 is 11.9 Å². The van der Waals surface area contributed by atoms with Gasteiger partial charge in [-0.1, -0.05) is 42.5 Å². The number of carbonyl (C=O) groups excluding carboxylic acids is 3. The van der Waals surface area contributed by atoms with E-state index in [0.29, 0.717) is 22.8 Å². The molecule has 0 aliphatic rings. The molecule has 32 heavy (non-hydrogen) atoms. The van der Waals surface area contributed by atoms with E-state index in [1.807, 2.05) is 30.3 Å². The van der Waals surface area contributed by atoms with E-state index in [0.717, 1.165) is 5.56 Å². The molecular formula is C24H24N4O4. The summed E-state index contributed by atoms with van der Waals surface area (Å²) in [6.07, 6.45) is -0.634. The van der Waals surface area contributed by atoms with E-state index in [1.165, 1.54) is 13.0 Å². The van der Waals surface area contributed by atoms with Crippen LogP contribution in [0.4, 0.5) is 22.0 Å². The molecule has 0 spiro atoms. The van der Waals surface area contributed by atoms with Crippen LogP contribution in [0.15, 0.2) is 66.7 Å². The second kappa shape index (κ2) is 10.2. The number of benzene rings is 2. The number of ether oxygens (including phenoxy) is 1. The maximum absolute atomic E-state index is 13.2. The average Bonchev–Trinajstić information content (AvgIpc) is 2.78. The first-order chi connectivity index (χ1) is 15.3. The lowest BCUT2D eigenvalue weighted by Gasteiger charge is -2.15. The van der Waals surface area contributed by atoms with Gasteiger partial charge in [0.1, 0.15) is 18.1 Å². The lowest BCUT2D eigenvalue weighted by Crippen LogP contribution is -2.17. The number of amides is 2. The van der Waals surface area contributed by atoms with E-state index in [2.05, 4.69) is 15.6 Å². The molecule has 2 amide bonds. The molecule has 0 aliphatic carbocycles. The summed E-state index contributed by atoms with van der Waals surface area (Å²) in [5.41, 5.74) is 1.99. The second-order valence-electron chi connectivity index (χ2n) is 7.24. The zero-order chi connectivity index (χ0) is 23.1. The van der Waals surface area contributed by atoms with E-state index in [9.17, 15) is 14.4 Å². The Hall–Kier alpha value is -4.20. The molecule has 8 heteroatoms. The highest BCUT2D eigenvalue weighted by molar-refractivity contribution is 6.13. The summed E-state index contributed by atoms with van der Waals surface area (Å²) in [6.45, 7) is 1.49. The van der Waals surface area contributed by atoms with Crippen molar-refractivity contribution in [2.75, 3.05) is 29.6 Å². The molecule has 0 saturated heterocycles. The Labute approximate surface area is 186 Å². The zero-order valence-corrected chi connectivity index (χ0v) is 18.1. The van der Waals surface area contributed by atoms with Crippen LogP contribution in [0.3, 0.4) is 0 Å². The van der Waals surface area contributed by atoms with Crippen LogP contribution in [0, 0.1) is 0 Å². The summed E-state index contributed by atoms with van der Waals surface area (Å²) < 4.78 is 5.22. The molecule has 0 radical (unpaired) electrons. The van der Waals surface area contributed by atoms with Crippen molar-refractivity contribution in [3.8, 4) is 0 Å². The van der Waals surface area contributed by atoms with Gasteiger partial charge >= 0.3 is 6.09 Å². The third-order valence-corrected chi connectivity index (χ3v) is 4.45. The van der Waals surface area contributed by atoms with Crippen molar-refractivity contribution >= 4 is 35.0 Å². The van der Waals surface area contributed by atoms with E-state index >= 15 is 0 Å². The minimum Gasteiger partial charge on any atom is -0.444 e. The number of anilines is 3. The Morgan fingerprint density at radius 1 is 0.938 bits per heavy atom. The van der Waals surface area contributed by atoms with Crippen LogP contribution in [0.25, 0.3) is 0 Å². The monoisotopic (exact) mass is 432 g/mol. The fourth-order valence-electron chi connectivity index (χ4n) is 2.91. The Morgan fingerprint density at radius 3 is 2.38 bits per heavy atom. The highest BCUT2D eigenvalue weighted by Gasteiger charge is 2.19.